The SMILES string of the molecule is CC1CCC2CC3CC(C)C(C)CC3C2C1. The fourth-order valence-electron chi connectivity index (χ4n) is 5.23. The van der Waals surface area contributed by atoms with Crippen LogP contribution >= 0.6 is 0 Å². The lowest BCUT2D eigenvalue weighted by Crippen LogP contribution is -2.31. The van der Waals surface area contributed by atoms with Gasteiger partial charge in [-0.1, -0.05) is 27.2 Å². The second-order valence-electron chi connectivity index (χ2n) is 7.43. The first-order chi connectivity index (χ1) is 7.65. The highest BCUT2D eigenvalue weighted by molar-refractivity contribution is 4.97. The van der Waals surface area contributed by atoms with E-state index in [1.807, 2.05) is 0 Å². The minimum atomic E-state index is 0.997. The molecule has 0 saturated heterocycles. The van der Waals surface area contributed by atoms with E-state index in [2.05, 4.69) is 20.8 Å². The summed E-state index contributed by atoms with van der Waals surface area (Å²) in [5, 5.41) is 0. The first kappa shape index (κ1) is 11.1. The van der Waals surface area contributed by atoms with Gasteiger partial charge in [-0.2, -0.15) is 0 Å². The van der Waals surface area contributed by atoms with Gasteiger partial charge in [0.25, 0.3) is 0 Å². The van der Waals surface area contributed by atoms with Gasteiger partial charge in [0.15, 0.2) is 0 Å². The average Bonchev–Trinajstić information content (AvgIpc) is 2.57. The summed E-state index contributed by atoms with van der Waals surface area (Å²) in [7, 11) is 0. The van der Waals surface area contributed by atoms with E-state index in [4.69, 9.17) is 0 Å². The van der Waals surface area contributed by atoms with Crippen molar-refractivity contribution in [1.82, 2.24) is 0 Å². The zero-order valence-corrected chi connectivity index (χ0v) is 11.3. The molecule has 3 aliphatic carbocycles. The minimum Gasteiger partial charge on any atom is -0.0625 e. The lowest BCUT2D eigenvalue weighted by Gasteiger charge is -2.39. The molecule has 0 aromatic rings. The second-order valence-corrected chi connectivity index (χ2v) is 7.43. The van der Waals surface area contributed by atoms with Gasteiger partial charge < -0.3 is 0 Å². The Balaban J connectivity index is 1.75. The third kappa shape index (κ3) is 1.73. The monoisotopic (exact) mass is 220 g/mol. The predicted octanol–water partition coefficient (Wildman–Crippen LogP) is 4.74. The van der Waals surface area contributed by atoms with Gasteiger partial charge in [-0.3, -0.25) is 0 Å². The van der Waals surface area contributed by atoms with Crippen LogP contribution in [0.5, 0.6) is 0 Å². The highest BCUT2D eigenvalue weighted by atomic mass is 14.5. The molecule has 3 fully saturated rings. The van der Waals surface area contributed by atoms with Crippen LogP contribution in [0.15, 0.2) is 0 Å². The van der Waals surface area contributed by atoms with E-state index < -0.39 is 0 Å². The van der Waals surface area contributed by atoms with E-state index in [1.54, 1.807) is 32.1 Å². The quantitative estimate of drug-likeness (QED) is 0.553. The van der Waals surface area contributed by atoms with E-state index in [9.17, 15) is 0 Å². The molecular formula is C16H28. The van der Waals surface area contributed by atoms with Gasteiger partial charge in [0.05, 0.1) is 0 Å². The van der Waals surface area contributed by atoms with Crippen LogP contribution in [0.3, 0.4) is 0 Å². The molecule has 92 valence electrons. The summed E-state index contributed by atoms with van der Waals surface area (Å²) in [5.41, 5.74) is 0. The Kier molecular flexibility index (Phi) is 2.80. The van der Waals surface area contributed by atoms with Crippen molar-refractivity contribution >= 4 is 0 Å². The highest BCUT2D eigenvalue weighted by Crippen LogP contribution is 2.56. The van der Waals surface area contributed by atoms with Gasteiger partial charge in [0, 0.05) is 0 Å². The number of hydrogen-bond donors (Lipinski definition) is 0. The first-order valence-electron chi connectivity index (χ1n) is 7.65. The topological polar surface area (TPSA) is 0 Å². The molecule has 0 aromatic carbocycles. The van der Waals surface area contributed by atoms with E-state index in [0.29, 0.717) is 0 Å². The summed E-state index contributed by atoms with van der Waals surface area (Å²) >= 11 is 0. The number of hydrogen-bond acceptors (Lipinski definition) is 0. The van der Waals surface area contributed by atoms with Crippen LogP contribution in [0.2, 0.25) is 0 Å². The number of rotatable bonds is 0. The fraction of sp³-hybridized carbons (Fsp3) is 1.00. The smallest absolute Gasteiger partial charge is 0.0352 e. The average molecular weight is 220 g/mol. The number of fused-ring (bicyclic) bond motifs is 3. The zero-order valence-electron chi connectivity index (χ0n) is 11.3. The normalized spacial score (nSPS) is 56.8. The van der Waals surface area contributed by atoms with Gasteiger partial charge in [0.1, 0.15) is 0 Å². The van der Waals surface area contributed by atoms with Crippen molar-refractivity contribution in [2.45, 2.75) is 59.3 Å². The molecule has 0 bridgehead atoms. The maximum Gasteiger partial charge on any atom is -0.0352 e. The van der Waals surface area contributed by atoms with Crippen molar-refractivity contribution in [1.29, 1.82) is 0 Å². The zero-order chi connectivity index (χ0) is 11.3. The molecule has 0 spiro atoms. The van der Waals surface area contributed by atoms with Crippen LogP contribution in [0.4, 0.5) is 0 Å². The Hall–Kier alpha value is 0. The molecule has 3 aliphatic rings. The molecule has 16 heavy (non-hydrogen) atoms. The van der Waals surface area contributed by atoms with Crippen molar-refractivity contribution < 1.29 is 0 Å². The Bertz CT molecular complexity index is 257. The van der Waals surface area contributed by atoms with E-state index in [1.165, 1.54) is 6.42 Å². The molecule has 0 radical (unpaired) electrons. The molecule has 7 unspecified atom stereocenters. The van der Waals surface area contributed by atoms with Crippen LogP contribution in [0.25, 0.3) is 0 Å². The summed E-state index contributed by atoms with van der Waals surface area (Å²) in [5.74, 6) is 7.52. The van der Waals surface area contributed by atoms with Crippen molar-refractivity contribution in [3.05, 3.63) is 0 Å². The van der Waals surface area contributed by atoms with Gasteiger partial charge >= 0.3 is 0 Å². The van der Waals surface area contributed by atoms with Crippen LogP contribution in [-0.4, -0.2) is 0 Å². The van der Waals surface area contributed by atoms with E-state index in [0.717, 1.165) is 41.4 Å². The molecule has 0 aliphatic heterocycles. The molecule has 0 nitrogen and oxygen atoms in total. The maximum atomic E-state index is 2.50. The third-order valence-electron chi connectivity index (χ3n) is 6.36. The third-order valence-corrected chi connectivity index (χ3v) is 6.36. The first-order valence-corrected chi connectivity index (χ1v) is 7.65. The van der Waals surface area contributed by atoms with E-state index in [-0.39, 0.29) is 0 Å². The lowest BCUT2D eigenvalue weighted by atomic mass is 9.66. The van der Waals surface area contributed by atoms with Crippen LogP contribution in [0.1, 0.15) is 59.3 Å². The largest absolute Gasteiger partial charge is 0.0625 e. The molecule has 0 heterocycles. The molecule has 0 heteroatoms. The van der Waals surface area contributed by atoms with E-state index >= 15 is 0 Å². The predicted molar refractivity (Wildman–Crippen MR) is 69.2 cm³/mol. The molecule has 3 rings (SSSR count). The van der Waals surface area contributed by atoms with Gasteiger partial charge in [-0.05, 0) is 73.5 Å². The van der Waals surface area contributed by atoms with Crippen molar-refractivity contribution in [2.24, 2.45) is 41.4 Å². The van der Waals surface area contributed by atoms with Crippen LogP contribution in [0, 0.1) is 41.4 Å². The summed E-state index contributed by atoms with van der Waals surface area (Å²) in [6.07, 6.45) is 9.34. The summed E-state index contributed by atoms with van der Waals surface area (Å²) in [6.45, 7) is 7.48. The van der Waals surface area contributed by atoms with Gasteiger partial charge in [-0.25, -0.2) is 0 Å². The van der Waals surface area contributed by atoms with Gasteiger partial charge in [0.2, 0.25) is 0 Å². The molecule has 0 aromatic heterocycles. The Morgan fingerprint density at radius 2 is 1.31 bits per heavy atom. The van der Waals surface area contributed by atoms with Gasteiger partial charge in [-0.15, -0.1) is 0 Å². The van der Waals surface area contributed by atoms with Crippen LogP contribution in [-0.2, 0) is 0 Å². The summed E-state index contributed by atoms with van der Waals surface area (Å²) < 4.78 is 0. The Morgan fingerprint density at radius 1 is 0.625 bits per heavy atom. The summed E-state index contributed by atoms with van der Waals surface area (Å²) in [4.78, 5) is 0. The lowest BCUT2D eigenvalue weighted by molar-refractivity contribution is 0.104. The summed E-state index contributed by atoms with van der Waals surface area (Å²) in [6, 6.07) is 0. The standard InChI is InChI=1S/C16H28/c1-10-4-5-13-9-14-7-11(2)12(3)8-16(14)15(13)6-10/h10-16H,4-9H2,1-3H3. The maximum absolute atomic E-state index is 2.50. The van der Waals surface area contributed by atoms with Crippen LogP contribution < -0.4 is 0 Å². The minimum absolute atomic E-state index is 0.997. The van der Waals surface area contributed by atoms with Crippen molar-refractivity contribution in [3.63, 3.8) is 0 Å². The molecule has 0 amide bonds. The molecule has 7 atom stereocenters. The fourth-order valence-corrected chi connectivity index (χ4v) is 5.23. The van der Waals surface area contributed by atoms with Crippen molar-refractivity contribution in [3.8, 4) is 0 Å². The Morgan fingerprint density at radius 3 is 2.12 bits per heavy atom. The molecular weight excluding hydrogens is 192 g/mol. The second kappa shape index (κ2) is 4.03. The highest BCUT2D eigenvalue weighted by Gasteiger charge is 2.47. The Labute approximate surface area is 101 Å². The molecule has 3 saturated carbocycles. The molecule has 0 N–H and O–H groups in total. The van der Waals surface area contributed by atoms with Crippen molar-refractivity contribution in [2.75, 3.05) is 0 Å².